The van der Waals surface area contributed by atoms with Gasteiger partial charge in [-0.15, -0.1) is 0 Å². The van der Waals surface area contributed by atoms with Crippen LogP contribution in [0.1, 0.15) is 49.4 Å². The zero-order chi connectivity index (χ0) is 16.9. The van der Waals surface area contributed by atoms with Gasteiger partial charge in [0, 0.05) is 5.54 Å². The molecule has 2 bridgehead atoms. The molecule has 0 aromatic heterocycles. The lowest BCUT2D eigenvalue weighted by Gasteiger charge is -2.61. The summed E-state index contributed by atoms with van der Waals surface area (Å²) < 4.78 is 5.51. The van der Waals surface area contributed by atoms with E-state index in [0.29, 0.717) is 0 Å². The van der Waals surface area contributed by atoms with Gasteiger partial charge in [-0.3, -0.25) is 4.90 Å². The second-order valence-electron chi connectivity index (χ2n) is 7.49. The summed E-state index contributed by atoms with van der Waals surface area (Å²) >= 11 is 0. The van der Waals surface area contributed by atoms with Crippen molar-refractivity contribution in [3.8, 4) is 5.75 Å². The molecule has 0 N–H and O–H groups in total. The van der Waals surface area contributed by atoms with Crippen molar-refractivity contribution >= 4 is 0 Å². The SMILES string of the molecule is CCN1C2(C)Cc3ccccc3C1(CC)c1ccc(OC)cc1C2. The fourth-order valence-electron chi connectivity index (χ4n) is 5.52. The number of ether oxygens (including phenoxy) is 1. The first-order valence-corrected chi connectivity index (χ1v) is 9.12. The molecule has 2 heterocycles. The van der Waals surface area contributed by atoms with Gasteiger partial charge in [0.2, 0.25) is 0 Å². The summed E-state index contributed by atoms with van der Waals surface area (Å²) in [6.07, 6.45) is 3.30. The maximum absolute atomic E-state index is 5.51. The Hall–Kier alpha value is -1.80. The number of methoxy groups -OCH3 is 1. The second kappa shape index (κ2) is 5.35. The van der Waals surface area contributed by atoms with E-state index in [1.165, 1.54) is 22.3 Å². The third-order valence-electron chi connectivity index (χ3n) is 6.30. The Morgan fingerprint density at radius 2 is 1.71 bits per heavy atom. The van der Waals surface area contributed by atoms with Crippen LogP contribution in [0, 0.1) is 0 Å². The summed E-state index contributed by atoms with van der Waals surface area (Å²) in [5.74, 6) is 0.972. The standard InChI is InChI=1S/C22H27NO/c1-5-22-19-10-8-7-9-16(19)14-21(3,23(22)6-2)15-17-13-18(24-4)11-12-20(17)22/h7-13H,5-6,14-15H2,1-4H3. The molecule has 0 spiro atoms. The minimum Gasteiger partial charge on any atom is -0.497 e. The van der Waals surface area contributed by atoms with Crippen molar-refractivity contribution in [3.63, 3.8) is 0 Å². The molecule has 0 aliphatic carbocycles. The lowest BCUT2D eigenvalue weighted by atomic mass is 9.62. The average molecular weight is 321 g/mol. The van der Waals surface area contributed by atoms with Crippen LogP contribution in [-0.4, -0.2) is 24.1 Å². The summed E-state index contributed by atoms with van der Waals surface area (Å²) in [4.78, 5) is 2.76. The van der Waals surface area contributed by atoms with Crippen molar-refractivity contribution in [2.45, 2.75) is 51.1 Å². The van der Waals surface area contributed by atoms with Crippen LogP contribution in [0.2, 0.25) is 0 Å². The van der Waals surface area contributed by atoms with Crippen LogP contribution in [0.3, 0.4) is 0 Å². The van der Waals surface area contributed by atoms with Gasteiger partial charge in [-0.1, -0.05) is 44.2 Å². The van der Waals surface area contributed by atoms with Gasteiger partial charge in [0.05, 0.1) is 12.6 Å². The van der Waals surface area contributed by atoms with Gasteiger partial charge in [-0.25, -0.2) is 0 Å². The van der Waals surface area contributed by atoms with Crippen molar-refractivity contribution < 1.29 is 4.74 Å². The molecule has 2 aromatic rings. The van der Waals surface area contributed by atoms with Crippen LogP contribution in [0.25, 0.3) is 0 Å². The average Bonchev–Trinajstić information content (AvgIpc) is 2.59. The zero-order valence-corrected chi connectivity index (χ0v) is 15.2. The van der Waals surface area contributed by atoms with Crippen molar-refractivity contribution in [1.82, 2.24) is 4.90 Å². The fourth-order valence-corrected chi connectivity index (χ4v) is 5.52. The third-order valence-corrected chi connectivity index (χ3v) is 6.30. The molecule has 2 atom stereocenters. The first kappa shape index (κ1) is 15.7. The molecule has 2 aliphatic heterocycles. The van der Waals surface area contributed by atoms with Crippen LogP contribution >= 0.6 is 0 Å². The van der Waals surface area contributed by atoms with Gasteiger partial charge in [-0.2, -0.15) is 0 Å². The highest BCUT2D eigenvalue weighted by Crippen LogP contribution is 2.54. The number of likely N-dealkylation sites (N-methyl/N-ethyl adjacent to an activating group) is 1. The van der Waals surface area contributed by atoms with Crippen LogP contribution in [0.15, 0.2) is 42.5 Å². The van der Waals surface area contributed by atoms with E-state index in [1.807, 2.05) is 0 Å². The Labute approximate surface area is 145 Å². The van der Waals surface area contributed by atoms with E-state index in [1.54, 1.807) is 7.11 Å². The molecule has 0 saturated heterocycles. The van der Waals surface area contributed by atoms with Crippen molar-refractivity contribution in [1.29, 1.82) is 0 Å². The Bertz CT molecular complexity index is 783. The van der Waals surface area contributed by atoms with E-state index in [2.05, 4.69) is 68.1 Å². The minimum atomic E-state index is -0.0157. The molecule has 2 aromatic carbocycles. The summed E-state index contributed by atoms with van der Waals surface area (Å²) in [5.41, 5.74) is 6.09. The lowest BCUT2D eigenvalue weighted by Crippen LogP contribution is -2.66. The highest BCUT2D eigenvalue weighted by molar-refractivity contribution is 5.54. The van der Waals surface area contributed by atoms with Crippen LogP contribution < -0.4 is 4.74 Å². The molecular formula is C22H27NO. The van der Waals surface area contributed by atoms with E-state index in [0.717, 1.165) is 31.6 Å². The Kier molecular flexibility index (Phi) is 3.50. The Morgan fingerprint density at radius 1 is 1.00 bits per heavy atom. The molecule has 0 amide bonds. The molecule has 126 valence electrons. The van der Waals surface area contributed by atoms with Gasteiger partial charge in [-0.05, 0) is 67.1 Å². The predicted molar refractivity (Wildman–Crippen MR) is 98.7 cm³/mol. The molecule has 2 aliphatic rings. The zero-order valence-electron chi connectivity index (χ0n) is 15.2. The van der Waals surface area contributed by atoms with Crippen LogP contribution in [-0.2, 0) is 18.4 Å². The topological polar surface area (TPSA) is 12.5 Å². The highest BCUT2D eigenvalue weighted by atomic mass is 16.5. The molecule has 2 heteroatoms. The molecule has 4 rings (SSSR count). The first-order chi connectivity index (χ1) is 11.6. The fraction of sp³-hybridized carbons (Fsp3) is 0.455. The Balaban J connectivity index is 2.06. The molecular weight excluding hydrogens is 294 g/mol. The highest BCUT2D eigenvalue weighted by Gasteiger charge is 2.55. The molecule has 2 nitrogen and oxygen atoms in total. The second-order valence-corrected chi connectivity index (χ2v) is 7.49. The minimum absolute atomic E-state index is 0.0157. The quantitative estimate of drug-likeness (QED) is 0.823. The largest absolute Gasteiger partial charge is 0.497 e. The molecule has 0 fully saturated rings. The lowest BCUT2D eigenvalue weighted by molar-refractivity contribution is -0.0200. The summed E-state index contributed by atoms with van der Waals surface area (Å²) in [7, 11) is 1.76. The van der Waals surface area contributed by atoms with Crippen LogP contribution in [0.4, 0.5) is 0 Å². The van der Waals surface area contributed by atoms with E-state index >= 15 is 0 Å². The number of fused-ring (bicyclic) bond motifs is 6. The molecule has 2 unspecified atom stereocenters. The number of hydrogen-bond acceptors (Lipinski definition) is 2. The summed E-state index contributed by atoms with van der Waals surface area (Å²) in [5, 5.41) is 0. The maximum atomic E-state index is 5.51. The van der Waals surface area contributed by atoms with E-state index in [9.17, 15) is 0 Å². The van der Waals surface area contributed by atoms with Gasteiger partial charge >= 0.3 is 0 Å². The molecule has 0 radical (unpaired) electrons. The number of benzene rings is 2. The van der Waals surface area contributed by atoms with Gasteiger partial charge < -0.3 is 4.74 Å². The molecule has 0 saturated carbocycles. The predicted octanol–water partition coefficient (Wildman–Crippen LogP) is 4.54. The number of hydrogen-bond donors (Lipinski definition) is 0. The van der Waals surface area contributed by atoms with Gasteiger partial charge in [0.25, 0.3) is 0 Å². The van der Waals surface area contributed by atoms with Crippen LogP contribution in [0.5, 0.6) is 5.75 Å². The van der Waals surface area contributed by atoms with Crippen molar-refractivity contribution in [2.75, 3.05) is 13.7 Å². The Morgan fingerprint density at radius 3 is 2.42 bits per heavy atom. The van der Waals surface area contributed by atoms with Gasteiger partial charge in [0.15, 0.2) is 0 Å². The van der Waals surface area contributed by atoms with E-state index < -0.39 is 0 Å². The first-order valence-electron chi connectivity index (χ1n) is 9.12. The summed E-state index contributed by atoms with van der Waals surface area (Å²) in [6, 6.07) is 15.8. The van der Waals surface area contributed by atoms with E-state index in [4.69, 9.17) is 4.74 Å². The van der Waals surface area contributed by atoms with Gasteiger partial charge in [0.1, 0.15) is 5.75 Å². The number of rotatable bonds is 3. The van der Waals surface area contributed by atoms with Crippen molar-refractivity contribution in [3.05, 3.63) is 64.7 Å². The normalized spacial score (nSPS) is 28.2. The number of nitrogens with zero attached hydrogens (tertiary/aromatic N) is 1. The maximum Gasteiger partial charge on any atom is 0.119 e. The third kappa shape index (κ3) is 1.86. The van der Waals surface area contributed by atoms with E-state index in [-0.39, 0.29) is 11.1 Å². The molecule has 24 heavy (non-hydrogen) atoms. The summed E-state index contributed by atoms with van der Waals surface area (Å²) in [6.45, 7) is 8.17. The smallest absolute Gasteiger partial charge is 0.119 e. The van der Waals surface area contributed by atoms with Crippen molar-refractivity contribution in [2.24, 2.45) is 0 Å². The monoisotopic (exact) mass is 321 g/mol.